The molecule has 0 amide bonds. The summed E-state index contributed by atoms with van der Waals surface area (Å²) in [6.45, 7) is 0. The quantitative estimate of drug-likeness (QED) is 0.278. The average molecular weight is 248 g/mol. The SMILES string of the molecule is Nc1cc(S(=O)(=O)Cl)ccc1S.[H-].[Na+]. The van der Waals surface area contributed by atoms with Gasteiger partial charge in [0.15, 0.2) is 0 Å². The third-order valence-electron chi connectivity index (χ3n) is 1.28. The van der Waals surface area contributed by atoms with E-state index in [0.717, 1.165) is 0 Å². The molecule has 0 radical (unpaired) electrons. The Kier molecular flexibility index (Phi) is 5.14. The van der Waals surface area contributed by atoms with Crippen molar-refractivity contribution in [1.29, 1.82) is 0 Å². The molecule has 0 saturated carbocycles. The fourth-order valence-electron chi connectivity index (χ4n) is 0.684. The molecule has 0 aliphatic heterocycles. The van der Waals surface area contributed by atoms with Gasteiger partial charge >= 0.3 is 29.6 Å². The van der Waals surface area contributed by atoms with Crippen LogP contribution in [0.15, 0.2) is 28.0 Å². The van der Waals surface area contributed by atoms with Crippen LogP contribution in [0.1, 0.15) is 1.43 Å². The maximum atomic E-state index is 10.8. The topological polar surface area (TPSA) is 60.2 Å². The monoisotopic (exact) mass is 247 g/mol. The van der Waals surface area contributed by atoms with Crippen molar-refractivity contribution in [2.75, 3.05) is 5.73 Å². The third kappa shape index (κ3) is 3.69. The van der Waals surface area contributed by atoms with Crippen molar-refractivity contribution in [3.8, 4) is 0 Å². The van der Waals surface area contributed by atoms with E-state index in [1.165, 1.54) is 18.2 Å². The Bertz CT molecular complexity index is 412. The molecular weight excluding hydrogens is 241 g/mol. The summed E-state index contributed by atoms with van der Waals surface area (Å²) < 4.78 is 21.6. The van der Waals surface area contributed by atoms with E-state index >= 15 is 0 Å². The number of nitrogen functional groups attached to an aromatic ring is 1. The number of thiol groups is 1. The van der Waals surface area contributed by atoms with Gasteiger partial charge in [-0.05, 0) is 18.2 Å². The van der Waals surface area contributed by atoms with Gasteiger partial charge in [-0.25, -0.2) is 8.42 Å². The molecule has 68 valence electrons. The molecule has 0 heterocycles. The zero-order valence-electron chi connectivity index (χ0n) is 7.86. The van der Waals surface area contributed by atoms with Gasteiger partial charge in [-0.3, -0.25) is 0 Å². The number of halogens is 1. The maximum absolute atomic E-state index is 10.8. The Hall–Kier alpha value is 0.610. The summed E-state index contributed by atoms with van der Waals surface area (Å²) in [5.41, 5.74) is 5.71. The number of rotatable bonds is 1. The summed E-state index contributed by atoms with van der Waals surface area (Å²) in [5.74, 6) is 0. The predicted octanol–water partition coefficient (Wildman–Crippen LogP) is -1.40. The Morgan fingerprint density at radius 1 is 1.46 bits per heavy atom. The molecule has 0 fully saturated rings. The molecule has 1 aromatic rings. The predicted molar refractivity (Wildman–Crippen MR) is 52.3 cm³/mol. The zero-order valence-corrected chi connectivity index (χ0v) is 11.3. The van der Waals surface area contributed by atoms with E-state index in [9.17, 15) is 8.42 Å². The van der Waals surface area contributed by atoms with Crippen molar-refractivity contribution in [1.82, 2.24) is 0 Å². The summed E-state index contributed by atoms with van der Waals surface area (Å²) in [5, 5.41) is 0. The van der Waals surface area contributed by atoms with E-state index in [0.29, 0.717) is 10.6 Å². The minimum absolute atomic E-state index is 0. The summed E-state index contributed by atoms with van der Waals surface area (Å²) in [7, 11) is 1.39. The fraction of sp³-hybridized carbons (Fsp3) is 0. The summed E-state index contributed by atoms with van der Waals surface area (Å²) in [6, 6.07) is 4.10. The van der Waals surface area contributed by atoms with Crippen LogP contribution in [0.3, 0.4) is 0 Å². The minimum atomic E-state index is -3.68. The zero-order chi connectivity index (χ0) is 9.35. The Labute approximate surface area is 110 Å². The van der Waals surface area contributed by atoms with Crippen molar-refractivity contribution in [3.63, 3.8) is 0 Å². The van der Waals surface area contributed by atoms with Gasteiger partial charge in [0, 0.05) is 21.3 Å². The van der Waals surface area contributed by atoms with E-state index in [1.54, 1.807) is 0 Å². The number of anilines is 1. The van der Waals surface area contributed by atoms with E-state index in [2.05, 4.69) is 12.6 Å². The molecule has 1 aromatic carbocycles. The van der Waals surface area contributed by atoms with E-state index in [1.807, 2.05) is 0 Å². The van der Waals surface area contributed by atoms with Gasteiger partial charge in [0.1, 0.15) is 0 Å². The van der Waals surface area contributed by atoms with Crippen LogP contribution < -0.4 is 35.3 Å². The normalized spacial score (nSPS) is 10.6. The van der Waals surface area contributed by atoms with Crippen LogP contribution in [0.2, 0.25) is 0 Å². The van der Waals surface area contributed by atoms with Crippen molar-refractivity contribution in [3.05, 3.63) is 18.2 Å². The van der Waals surface area contributed by atoms with Gasteiger partial charge in [-0.1, -0.05) is 0 Å². The summed E-state index contributed by atoms with van der Waals surface area (Å²) in [4.78, 5) is 0.513. The van der Waals surface area contributed by atoms with Crippen LogP contribution in [0.5, 0.6) is 0 Å². The summed E-state index contributed by atoms with van der Waals surface area (Å²) in [6.07, 6.45) is 0. The fourth-order valence-corrected chi connectivity index (χ4v) is 1.61. The van der Waals surface area contributed by atoms with Crippen molar-refractivity contribution in [2.24, 2.45) is 0 Å². The Balaban J connectivity index is 0. The molecule has 0 aliphatic rings. The van der Waals surface area contributed by atoms with Crippen LogP contribution in [-0.4, -0.2) is 8.42 Å². The van der Waals surface area contributed by atoms with Gasteiger partial charge in [0.05, 0.1) is 4.90 Å². The largest absolute Gasteiger partial charge is 1.00 e. The van der Waals surface area contributed by atoms with Crippen LogP contribution in [0.25, 0.3) is 0 Å². The van der Waals surface area contributed by atoms with Crippen molar-refractivity contribution in [2.45, 2.75) is 9.79 Å². The van der Waals surface area contributed by atoms with Crippen molar-refractivity contribution >= 4 is 38.0 Å². The van der Waals surface area contributed by atoms with Crippen LogP contribution in [-0.2, 0) is 9.05 Å². The Morgan fingerprint density at radius 2 is 2.00 bits per heavy atom. The summed E-state index contributed by atoms with van der Waals surface area (Å²) >= 11 is 3.98. The van der Waals surface area contributed by atoms with Gasteiger partial charge in [-0.2, -0.15) is 0 Å². The molecule has 0 spiro atoms. The number of nitrogens with two attached hydrogens (primary N) is 1. The second-order valence-electron chi connectivity index (χ2n) is 2.16. The first-order chi connectivity index (χ1) is 5.41. The van der Waals surface area contributed by atoms with Gasteiger partial charge in [-0.15, -0.1) is 12.6 Å². The number of hydrogen-bond acceptors (Lipinski definition) is 4. The first-order valence-corrected chi connectivity index (χ1v) is 5.70. The van der Waals surface area contributed by atoms with E-state index in [-0.39, 0.29) is 35.9 Å². The first-order valence-electron chi connectivity index (χ1n) is 2.94. The second-order valence-corrected chi connectivity index (χ2v) is 5.21. The van der Waals surface area contributed by atoms with Crippen LogP contribution in [0.4, 0.5) is 5.69 Å². The minimum Gasteiger partial charge on any atom is -1.00 e. The molecule has 7 heteroatoms. The second kappa shape index (κ2) is 4.91. The average Bonchev–Trinajstić information content (AvgIpc) is 1.92. The smallest absolute Gasteiger partial charge is 1.00 e. The Morgan fingerprint density at radius 3 is 2.38 bits per heavy atom. The van der Waals surface area contributed by atoms with Crippen molar-refractivity contribution < 1.29 is 39.4 Å². The molecule has 3 nitrogen and oxygen atoms in total. The van der Waals surface area contributed by atoms with Gasteiger partial charge in [0.2, 0.25) is 0 Å². The van der Waals surface area contributed by atoms with Gasteiger partial charge < -0.3 is 7.16 Å². The van der Waals surface area contributed by atoms with E-state index < -0.39 is 9.05 Å². The molecule has 0 unspecified atom stereocenters. The molecule has 0 atom stereocenters. The molecular formula is C6H7ClNNaO2S2. The maximum Gasteiger partial charge on any atom is 1.00 e. The molecule has 0 aromatic heterocycles. The van der Waals surface area contributed by atoms with Gasteiger partial charge in [0.25, 0.3) is 9.05 Å². The molecule has 0 aliphatic carbocycles. The third-order valence-corrected chi connectivity index (χ3v) is 3.04. The molecule has 0 saturated heterocycles. The molecule has 2 N–H and O–H groups in total. The van der Waals surface area contributed by atoms with E-state index in [4.69, 9.17) is 16.4 Å². The van der Waals surface area contributed by atoms with Crippen LogP contribution in [0, 0.1) is 0 Å². The number of hydrogen-bond donors (Lipinski definition) is 2. The molecule has 13 heavy (non-hydrogen) atoms. The standard InChI is InChI=1S/C6H6ClNO2S2.Na.H/c7-12(9,10)4-1-2-6(11)5(8)3-4;;/h1-3,11H,8H2;;/q;+1;-1. The molecule has 1 rings (SSSR count). The van der Waals surface area contributed by atoms with Crippen LogP contribution >= 0.6 is 23.3 Å². The molecule has 0 bridgehead atoms. The first kappa shape index (κ1) is 13.6. The number of benzene rings is 1.